The second-order valence-corrected chi connectivity index (χ2v) is 5.09. The van der Waals surface area contributed by atoms with Crippen LogP contribution < -0.4 is 0 Å². The second kappa shape index (κ2) is 21.3. The zero-order chi connectivity index (χ0) is 16.4. The number of unbranched alkanes of at least 4 members (excludes halogenated alkanes) is 1. The minimum absolute atomic E-state index is 0.352. The maximum absolute atomic E-state index is 10.3. The number of alkyl halides is 3. The van der Waals surface area contributed by atoms with E-state index in [1.54, 1.807) is 0 Å². The lowest BCUT2D eigenvalue weighted by Crippen LogP contribution is -2.09. The van der Waals surface area contributed by atoms with E-state index in [2.05, 4.69) is 16.3 Å². The largest absolute Gasteiger partial charge is 0.446 e. The lowest BCUT2D eigenvalue weighted by molar-refractivity contribution is -0.142. The predicted molar refractivity (Wildman–Crippen MR) is 83.9 cm³/mol. The van der Waals surface area contributed by atoms with Crippen LogP contribution in [0.1, 0.15) is 39.5 Å². The van der Waals surface area contributed by atoms with Gasteiger partial charge in [-0.2, -0.15) is 0 Å². The lowest BCUT2D eigenvalue weighted by atomic mass is 10.3. The van der Waals surface area contributed by atoms with Crippen molar-refractivity contribution in [1.82, 2.24) is 0 Å². The molecule has 0 bridgehead atoms. The molecule has 4 nitrogen and oxygen atoms in total. The fourth-order valence-corrected chi connectivity index (χ4v) is 1.23. The van der Waals surface area contributed by atoms with Crippen molar-refractivity contribution in [3.63, 3.8) is 0 Å². The topological polar surface area (TPSA) is 60.4 Å². The molecule has 0 amide bonds. The Morgan fingerprint density at radius 2 is 1.60 bits per heavy atom. The molecule has 0 spiro atoms. The van der Waals surface area contributed by atoms with Gasteiger partial charge in [0.2, 0.25) is 5.24 Å². The molecule has 0 aliphatic heterocycles. The van der Waals surface area contributed by atoms with E-state index in [-0.39, 0.29) is 11.2 Å². The van der Waals surface area contributed by atoms with Crippen LogP contribution in [0.2, 0.25) is 0 Å². The highest BCUT2D eigenvalue weighted by Crippen LogP contribution is 2.07. The molecular weight excluding hydrogens is 350 g/mol. The van der Waals surface area contributed by atoms with E-state index in [1.807, 2.05) is 0 Å². The molecule has 0 fully saturated rings. The van der Waals surface area contributed by atoms with E-state index in [1.165, 1.54) is 13.8 Å². The Bertz CT molecular complexity index is 246. The van der Waals surface area contributed by atoms with Gasteiger partial charge in [-0.1, -0.05) is 11.6 Å². The third-order valence-electron chi connectivity index (χ3n) is 1.31. The first-order valence-corrected chi connectivity index (χ1v) is 7.73. The van der Waals surface area contributed by atoms with Gasteiger partial charge in [0.15, 0.2) is 5.56 Å². The number of rotatable bonds is 7. The molecule has 0 aromatic rings. The molecular formula is C12H20Cl4O4. The molecule has 20 heavy (non-hydrogen) atoms. The van der Waals surface area contributed by atoms with Gasteiger partial charge in [-0.25, -0.2) is 0 Å². The molecule has 0 radical (unpaired) electrons. The highest BCUT2D eigenvalue weighted by molar-refractivity contribution is 6.62. The average molecular weight is 370 g/mol. The van der Waals surface area contributed by atoms with Crippen molar-refractivity contribution in [2.45, 2.75) is 45.1 Å². The van der Waals surface area contributed by atoms with Gasteiger partial charge >= 0.3 is 5.97 Å². The van der Waals surface area contributed by atoms with Crippen LogP contribution in [0.25, 0.3) is 0 Å². The highest BCUT2D eigenvalue weighted by Gasteiger charge is 2.05. The monoisotopic (exact) mass is 368 g/mol. The summed E-state index contributed by atoms with van der Waals surface area (Å²) in [4.78, 5) is 29.0. The number of esters is 1. The van der Waals surface area contributed by atoms with Crippen LogP contribution in [0.3, 0.4) is 0 Å². The summed E-state index contributed by atoms with van der Waals surface area (Å²) in [5.74, 6) is 0.790. The Kier molecular flexibility index (Phi) is 26.5. The summed E-state index contributed by atoms with van der Waals surface area (Å²) in [5, 5.41) is -0.361. The molecule has 0 aliphatic carbocycles. The van der Waals surface area contributed by atoms with E-state index in [9.17, 15) is 14.4 Å². The van der Waals surface area contributed by atoms with Crippen LogP contribution in [0.15, 0.2) is 0 Å². The lowest BCUT2D eigenvalue weighted by Gasteiger charge is -2.07. The van der Waals surface area contributed by atoms with Crippen LogP contribution in [0, 0.1) is 0 Å². The van der Waals surface area contributed by atoms with Crippen molar-refractivity contribution in [2.75, 3.05) is 11.8 Å². The maximum atomic E-state index is 10.3. The number of ether oxygens (including phenoxy) is 1. The van der Waals surface area contributed by atoms with Gasteiger partial charge in [0.1, 0.15) is 6.29 Å². The van der Waals surface area contributed by atoms with Crippen LogP contribution in [-0.4, -0.2) is 34.8 Å². The Balaban J connectivity index is -0.000000246. The minimum atomic E-state index is -0.517. The summed E-state index contributed by atoms with van der Waals surface area (Å²) < 4.78 is 4.62. The summed E-state index contributed by atoms with van der Waals surface area (Å²) in [7, 11) is 0. The number of aldehydes is 1. The molecule has 0 aliphatic rings. The number of carbonyl (C=O) groups excluding carboxylic acids is 3. The van der Waals surface area contributed by atoms with Crippen molar-refractivity contribution < 1.29 is 19.1 Å². The molecule has 0 aromatic carbocycles. The smallest absolute Gasteiger partial charge is 0.304 e. The first-order chi connectivity index (χ1) is 9.31. The van der Waals surface area contributed by atoms with E-state index < -0.39 is 5.56 Å². The number of carbonyl (C=O) groups is 3. The molecule has 0 heterocycles. The molecule has 0 N–H and O–H groups in total. The molecule has 120 valence electrons. The molecule has 0 saturated heterocycles. The highest BCUT2D eigenvalue weighted by atomic mass is 35.5. The molecule has 0 rings (SSSR count). The van der Waals surface area contributed by atoms with Gasteiger partial charge in [0.05, 0.1) is 0 Å². The molecule has 0 saturated carbocycles. The Morgan fingerprint density at radius 3 is 1.85 bits per heavy atom. The number of hydrogen-bond acceptors (Lipinski definition) is 4. The first kappa shape index (κ1) is 25.0. The molecule has 1 atom stereocenters. The standard InChI is InChI=1S/C6H10Cl2O2.C4H7ClO.C2H3ClO/c1-5(9)10-6(8)3-2-4-7;5-3-1-2-4-6;1-2(3)4/h6H,2-4H2,1H3;4H,1-3H2;1H3. The van der Waals surface area contributed by atoms with Gasteiger partial charge < -0.3 is 9.53 Å². The van der Waals surface area contributed by atoms with Gasteiger partial charge in [0.25, 0.3) is 0 Å². The van der Waals surface area contributed by atoms with Gasteiger partial charge in [-0.05, 0) is 30.9 Å². The van der Waals surface area contributed by atoms with Crippen LogP contribution in [0.4, 0.5) is 0 Å². The Labute approximate surface area is 140 Å². The maximum Gasteiger partial charge on any atom is 0.304 e. The third-order valence-corrected chi connectivity index (χ3v) is 2.16. The summed E-state index contributed by atoms with van der Waals surface area (Å²) in [6.07, 6.45) is 3.67. The predicted octanol–water partition coefficient (Wildman–Crippen LogP) is 4.11. The van der Waals surface area contributed by atoms with E-state index in [0.29, 0.717) is 24.6 Å². The molecule has 8 heteroatoms. The van der Waals surface area contributed by atoms with E-state index in [4.69, 9.17) is 34.8 Å². The van der Waals surface area contributed by atoms with Crippen LogP contribution in [-0.2, 0) is 19.1 Å². The van der Waals surface area contributed by atoms with Crippen molar-refractivity contribution in [2.24, 2.45) is 0 Å². The summed E-state index contributed by atoms with van der Waals surface area (Å²) in [6, 6.07) is 0. The quantitative estimate of drug-likeness (QED) is 0.223. The summed E-state index contributed by atoms with van der Waals surface area (Å²) in [6.45, 7) is 2.62. The van der Waals surface area contributed by atoms with Crippen molar-refractivity contribution in [3.05, 3.63) is 0 Å². The SMILES string of the molecule is CC(=O)Cl.CC(=O)OC(Cl)CCCCl.O=CCCCCl. The van der Waals surface area contributed by atoms with Gasteiger partial charge in [-0.3, -0.25) is 9.59 Å². The molecule has 1 unspecified atom stereocenters. The summed E-state index contributed by atoms with van der Waals surface area (Å²) in [5.41, 5.74) is -0.517. The van der Waals surface area contributed by atoms with Crippen LogP contribution in [0.5, 0.6) is 0 Å². The molecule has 0 aromatic heterocycles. The zero-order valence-corrected chi connectivity index (χ0v) is 14.6. The normalized spacial score (nSPS) is 10.1. The fourth-order valence-electron chi connectivity index (χ4n) is 0.637. The average Bonchev–Trinajstić information content (AvgIpc) is 2.33. The fraction of sp³-hybridized carbons (Fsp3) is 0.750. The Hall–Kier alpha value is -0.0300. The Morgan fingerprint density at radius 1 is 1.15 bits per heavy atom. The zero-order valence-electron chi connectivity index (χ0n) is 11.5. The first-order valence-electron chi connectivity index (χ1n) is 5.84. The second-order valence-electron chi connectivity index (χ2n) is 3.32. The van der Waals surface area contributed by atoms with Gasteiger partial charge in [0, 0.05) is 32.0 Å². The van der Waals surface area contributed by atoms with Crippen LogP contribution >= 0.6 is 46.4 Å². The van der Waals surface area contributed by atoms with Crippen molar-refractivity contribution in [1.29, 1.82) is 0 Å². The number of hydrogen-bond donors (Lipinski definition) is 0. The van der Waals surface area contributed by atoms with E-state index in [0.717, 1.165) is 19.1 Å². The third kappa shape index (κ3) is 43.0. The van der Waals surface area contributed by atoms with Crippen molar-refractivity contribution >= 4 is 63.9 Å². The minimum Gasteiger partial charge on any atom is -0.446 e. The van der Waals surface area contributed by atoms with E-state index >= 15 is 0 Å². The van der Waals surface area contributed by atoms with Gasteiger partial charge in [-0.15, -0.1) is 23.2 Å². The van der Waals surface area contributed by atoms with Crippen molar-refractivity contribution in [3.8, 4) is 0 Å². The summed E-state index contributed by atoms with van der Waals surface area (Å²) >= 11 is 20.8. The number of halogens is 4.